The van der Waals surface area contributed by atoms with Gasteiger partial charge in [-0.1, -0.05) is 36.0 Å². The van der Waals surface area contributed by atoms with Crippen LogP contribution in [0.1, 0.15) is 22.3 Å². The minimum Gasteiger partial charge on any atom is -0.486 e. The predicted octanol–water partition coefficient (Wildman–Crippen LogP) is 4.53. The van der Waals surface area contributed by atoms with Crippen LogP contribution >= 0.6 is 28.7 Å². The average molecular weight is 463 g/mol. The molecular formula is C21H23BrN2O3S. The van der Waals surface area contributed by atoms with Gasteiger partial charge in [0.25, 0.3) is 0 Å². The number of ketones is 1. The molecule has 0 saturated carbocycles. The summed E-state index contributed by atoms with van der Waals surface area (Å²) in [5.41, 5.74) is 2.64. The molecule has 2 aromatic carbocycles. The van der Waals surface area contributed by atoms with E-state index < -0.39 is 0 Å². The quantitative estimate of drug-likeness (QED) is 0.624. The van der Waals surface area contributed by atoms with Crippen molar-refractivity contribution in [2.24, 2.45) is 4.99 Å². The van der Waals surface area contributed by atoms with Crippen LogP contribution in [-0.2, 0) is 0 Å². The van der Waals surface area contributed by atoms with E-state index in [4.69, 9.17) is 9.47 Å². The van der Waals surface area contributed by atoms with Crippen molar-refractivity contribution in [3.05, 3.63) is 53.6 Å². The number of halogens is 1. The molecule has 0 spiro atoms. The number of anilines is 1. The molecule has 148 valence electrons. The fraction of sp³-hybridized carbons (Fsp3) is 0.333. The molecule has 0 aromatic heterocycles. The number of rotatable bonds is 4. The van der Waals surface area contributed by atoms with Crippen molar-refractivity contribution in [1.82, 2.24) is 0 Å². The molecule has 0 amide bonds. The van der Waals surface area contributed by atoms with Gasteiger partial charge in [-0.25, -0.2) is 0 Å². The average Bonchev–Trinajstić information content (AvgIpc) is 2.72. The molecule has 0 atom stereocenters. The zero-order chi connectivity index (χ0) is 18.6. The van der Waals surface area contributed by atoms with Crippen molar-refractivity contribution in [2.45, 2.75) is 13.3 Å². The predicted molar refractivity (Wildman–Crippen MR) is 120 cm³/mol. The highest BCUT2D eigenvalue weighted by Crippen LogP contribution is 2.35. The second-order valence-electron chi connectivity index (χ2n) is 6.52. The van der Waals surface area contributed by atoms with Gasteiger partial charge < -0.3 is 14.4 Å². The Morgan fingerprint density at radius 1 is 1.14 bits per heavy atom. The number of Topliss-reactive ketones (excluding diaryl/α,β-unsaturated/α-hetero) is 1. The number of carbonyl (C=O) groups excluding carboxylic acids is 1. The van der Waals surface area contributed by atoms with Gasteiger partial charge in [-0.05, 0) is 31.0 Å². The fourth-order valence-electron chi connectivity index (χ4n) is 3.20. The van der Waals surface area contributed by atoms with Gasteiger partial charge in [-0.2, -0.15) is 0 Å². The maximum atomic E-state index is 13.0. The number of nitrogens with zero attached hydrogens (tertiary/aromatic N) is 2. The first kappa shape index (κ1) is 20.7. The smallest absolute Gasteiger partial charge is 0.182 e. The number of carbonyl (C=O) groups is 1. The Bertz CT molecular complexity index is 888. The van der Waals surface area contributed by atoms with E-state index in [0.717, 1.165) is 46.4 Å². The van der Waals surface area contributed by atoms with Crippen molar-refractivity contribution in [2.75, 3.05) is 37.0 Å². The molecule has 0 fully saturated rings. The fourth-order valence-corrected chi connectivity index (χ4v) is 4.16. The summed E-state index contributed by atoms with van der Waals surface area (Å²) < 4.78 is 11.4. The number of hydrogen-bond donors (Lipinski definition) is 0. The van der Waals surface area contributed by atoms with E-state index in [1.54, 1.807) is 11.8 Å². The van der Waals surface area contributed by atoms with Gasteiger partial charge in [0.2, 0.25) is 0 Å². The van der Waals surface area contributed by atoms with Crippen molar-refractivity contribution in [3.8, 4) is 11.5 Å². The third-order valence-corrected chi connectivity index (χ3v) is 5.70. The summed E-state index contributed by atoms with van der Waals surface area (Å²) in [6, 6.07) is 13.5. The molecule has 2 aliphatic heterocycles. The van der Waals surface area contributed by atoms with E-state index in [1.165, 1.54) is 0 Å². The monoisotopic (exact) mass is 462 g/mol. The van der Waals surface area contributed by atoms with Crippen molar-refractivity contribution >= 4 is 45.4 Å². The highest BCUT2D eigenvalue weighted by molar-refractivity contribution is 8.93. The van der Waals surface area contributed by atoms with Gasteiger partial charge in [-0.3, -0.25) is 9.79 Å². The summed E-state index contributed by atoms with van der Waals surface area (Å²) >= 11 is 1.70. The van der Waals surface area contributed by atoms with E-state index in [-0.39, 0.29) is 29.3 Å². The van der Waals surface area contributed by atoms with Gasteiger partial charge >= 0.3 is 0 Å². The van der Waals surface area contributed by atoms with Crippen molar-refractivity contribution < 1.29 is 14.3 Å². The molecule has 28 heavy (non-hydrogen) atoms. The molecule has 0 N–H and O–H groups in total. The molecule has 0 unspecified atom stereocenters. The van der Waals surface area contributed by atoms with Gasteiger partial charge in [0, 0.05) is 29.6 Å². The van der Waals surface area contributed by atoms with E-state index in [0.29, 0.717) is 19.0 Å². The normalized spacial score (nSPS) is 15.2. The number of benzene rings is 2. The summed E-state index contributed by atoms with van der Waals surface area (Å²) in [5, 5.41) is 0.889. The number of hydrogen-bond acceptors (Lipinski definition) is 6. The van der Waals surface area contributed by atoms with Crippen LogP contribution < -0.4 is 14.4 Å². The molecule has 2 heterocycles. The number of amidine groups is 1. The van der Waals surface area contributed by atoms with E-state index >= 15 is 0 Å². The van der Waals surface area contributed by atoms with Gasteiger partial charge in [-0.15, -0.1) is 17.0 Å². The Kier molecular flexibility index (Phi) is 7.02. The van der Waals surface area contributed by atoms with Gasteiger partial charge in [0.1, 0.15) is 13.2 Å². The lowest BCUT2D eigenvalue weighted by molar-refractivity contribution is 0.100. The Balaban J connectivity index is 0.00000225. The number of fused-ring (bicyclic) bond motifs is 1. The maximum absolute atomic E-state index is 13.0. The van der Waals surface area contributed by atoms with Crippen LogP contribution in [0.4, 0.5) is 5.69 Å². The number of aryl methyl sites for hydroxylation is 1. The number of thioether (sulfide) groups is 1. The second-order valence-corrected chi connectivity index (χ2v) is 7.58. The standard InChI is InChI=1S/C21H22N2O3S.BrH/c1-15-5-2-3-6-17(15)18(24)14-23(21-22-9-4-12-27-21)16-7-8-19-20(13-16)26-11-10-25-19;/h2-3,5-8,13H,4,9-12,14H2,1H3;1H. The Labute approximate surface area is 179 Å². The van der Waals surface area contributed by atoms with E-state index in [2.05, 4.69) is 4.99 Å². The zero-order valence-corrected chi connectivity index (χ0v) is 18.2. The molecule has 5 nitrogen and oxygen atoms in total. The molecule has 7 heteroatoms. The van der Waals surface area contributed by atoms with Crippen molar-refractivity contribution in [3.63, 3.8) is 0 Å². The van der Waals surface area contributed by atoms with E-state index in [1.807, 2.05) is 54.3 Å². The lowest BCUT2D eigenvalue weighted by atomic mass is 10.0. The van der Waals surface area contributed by atoms with Crippen LogP contribution in [0, 0.1) is 6.92 Å². The molecular weight excluding hydrogens is 440 g/mol. The minimum absolute atomic E-state index is 0. The van der Waals surface area contributed by atoms with Crippen LogP contribution in [-0.4, -0.2) is 43.0 Å². The maximum Gasteiger partial charge on any atom is 0.182 e. The van der Waals surface area contributed by atoms with Crippen LogP contribution in [0.2, 0.25) is 0 Å². The first-order valence-corrected chi connectivity index (χ1v) is 10.1. The van der Waals surface area contributed by atoms with Crippen LogP contribution in [0.5, 0.6) is 11.5 Å². The van der Waals surface area contributed by atoms with E-state index in [9.17, 15) is 4.79 Å². The molecule has 2 aromatic rings. The summed E-state index contributed by atoms with van der Waals surface area (Å²) in [6.45, 7) is 4.10. The number of aliphatic imine (C=N–C) groups is 1. The largest absolute Gasteiger partial charge is 0.486 e. The molecule has 0 bridgehead atoms. The Morgan fingerprint density at radius 2 is 1.93 bits per heavy atom. The van der Waals surface area contributed by atoms with Crippen LogP contribution in [0.25, 0.3) is 0 Å². The zero-order valence-electron chi connectivity index (χ0n) is 15.7. The SMILES string of the molecule is Br.Cc1ccccc1C(=O)CN(C1=NCCCS1)c1ccc2c(c1)OCCO2. The van der Waals surface area contributed by atoms with Crippen LogP contribution in [0.3, 0.4) is 0 Å². The summed E-state index contributed by atoms with van der Waals surface area (Å²) in [6.07, 6.45) is 1.06. The molecule has 4 rings (SSSR count). The topological polar surface area (TPSA) is 51.1 Å². The molecule has 0 aliphatic carbocycles. The number of ether oxygens (including phenoxy) is 2. The highest BCUT2D eigenvalue weighted by Gasteiger charge is 2.23. The van der Waals surface area contributed by atoms with Crippen LogP contribution in [0.15, 0.2) is 47.5 Å². The third kappa shape index (κ3) is 4.52. The summed E-state index contributed by atoms with van der Waals surface area (Å²) in [5.74, 6) is 2.55. The molecule has 0 saturated heterocycles. The lowest BCUT2D eigenvalue weighted by Gasteiger charge is -2.28. The van der Waals surface area contributed by atoms with Gasteiger partial charge in [0.15, 0.2) is 22.4 Å². The van der Waals surface area contributed by atoms with Crippen molar-refractivity contribution in [1.29, 1.82) is 0 Å². The first-order valence-electron chi connectivity index (χ1n) is 9.15. The lowest BCUT2D eigenvalue weighted by Crippen LogP contribution is -2.36. The minimum atomic E-state index is 0. The highest BCUT2D eigenvalue weighted by atomic mass is 79.9. The second kappa shape index (κ2) is 9.47. The summed E-state index contributed by atoms with van der Waals surface area (Å²) in [7, 11) is 0. The Morgan fingerprint density at radius 3 is 2.68 bits per heavy atom. The molecule has 2 aliphatic rings. The Hall–Kier alpha value is -1.99. The third-order valence-electron chi connectivity index (χ3n) is 4.60. The van der Waals surface area contributed by atoms with Gasteiger partial charge in [0.05, 0.1) is 6.54 Å². The molecule has 0 radical (unpaired) electrons. The first-order chi connectivity index (χ1) is 13.2. The summed E-state index contributed by atoms with van der Waals surface area (Å²) in [4.78, 5) is 19.7.